The zero-order valence-corrected chi connectivity index (χ0v) is 15.8. The molecule has 138 valence electrons. The Morgan fingerprint density at radius 3 is 2.62 bits per heavy atom. The number of hydrogen-bond donors (Lipinski definition) is 1. The van der Waals surface area contributed by atoms with E-state index in [9.17, 15) is 9.18 Å². The van der Waals surface area contributed by atoms with Crippen LogP contribution in [0.4, 0.5) is 10.1 Å². The predicted molar refractivity (Wildman–Crippen MR) is 99.9 cm³/mol. The molecule has 4 nitrogen and oxygen atoms in total. The third-order valence-corrected chi connectivity index (χ3v) is 6.29. The minimum absolute atomic E-state index is 0.00855. The van der Waals surface area contributed by atoms with Crippen molar-refractivity contribution < 1.29 is 9.18 Å². The van der Waals surface area contributed by atoms with Gasteiger partial charge in [-0.15, -0.1) is 0 Å². The van der Waals surface area contributed by atoms with E-state index in [1.165, 1.54) is 31.0 Å². The molecule has 2 aliphatic carbocycles. The van der Waals surface area contributed by atoms with Crippen LogP contribution < -0.4 is 5.32 Å². The fourth-order valence-corrected chi connectivity index (χ4v) is 5.11. The van der Waals surface area contributed by atoms with E-state index in [2.05, 4.69) is 17.2 Å². The number of benzene rings is 1. The van der Waals surface area contributed by atoms with Crippen molar-refractivity contribution in [3.05, 3.63) is 46.8 Å². The predicted octanol–water partition coefficient (Wildman–Crippen LogP) is 5.00. The van der Waals surface area contributed by atoms with Gasteiger partial charge in [0.2, 0.25) is 0 Å². The van der Waals surface area contributed by atoms with Crippen LogP contribution in [0, 0.1) is 23.6 Å². The van der Waals surface area contributed by atoms with Crippen LogP contribution >= 0.6 is 11.6 Å². The Morgan fingerprint density at radius 1 is 1.27 bits per heavy atom. The summed E-state index contributed by atoms with van der Waals surface area (Å²) in [6.07, 6.45) is 6.54. The van der Waals surface area contributed by atoms with Crippen LogP contribution in [0.25, 0.3) is 0 Å². The SMILES string of the molecule is CC1CC2CC(c3ncn(C)c3C(=O)Nc3ccc(F)c(Cl)c3)CC2C1. The molecule has 6 heteroatoms. The van der Waals surface area contributed by atoms with Crippen molar-refractivity contribution in [2.45, 2.75) is 38.5 Å². The molecule has 2 fully saturated rings. The second-order valence-electron chi connectivity index (χ2n) is 7.94. The third-order valence-electron chi connectivity index (χ3n) is 6.00. The highest BCUT2D eigenvalue weighted by Crippen LogP contribution is 2.52. The van der Waals surface area contributed by atoms with E-state index in [1.54, 1.807) is 10.9 Å². The first kappa shape index (κ1) is 17.5. The van der Waals surface area contributed by atoms with Gasteiger partial charge in [0.1, 0.15) is 11.5 Å². The Balaban J connectivity index is 1.55. The van der Waals surface area contributed by atoms with Gasteiger partial charge >= 0.3 is 0 Å². The number of amides is 1. The molecule has 1 N–H and O–H groups in total. The fourth-order valence-electron chi connectivity index (χ4n) is 4.93. The summed E-state index contributed by atoms with van der Waals surface area (Å²) in [4.78, 5) is 17.4. The molecule has 0 spiro atoms. The molecule has 2 aliphatic rings. The molecular weight excluding hydrogens is 353 g/mol. The summed E-state index contributed by atoms with van der Waals surface area (Å²) in [6, 6.07) is 4.18. The molecule has 0 bridgehead atoms. The summed E-state index contributed by atoms with van der Waals surface area (Å²) < 4.78 is 15.1. The quantitative estimate of drug-likeness (QED) is 0.820. The maximum atomic E-state index is 13.3. The number of fused-ring (bicyclic) bond motifs is 1. The molecule has 4 rings (SSSR count). The number of carbonyl (C=O) groups is 1. The Hall–Kier alpha value is -1.88. The van der Waals surface area contributed by atoms with E-state index in [4.69, 9.17) is 11.6 Å². The lowest BCUT2D eigenvalue weighted by molar-refractivity contribution is 0.101. The van der Waals surface area contributed by atoms with Gasteiger partial charge in [-0.25, -0.2) is 9.37 Å². The van der Waals surface area contributed by atoms with Gasteiger partial charge in [0, 0.05) is 18.7 Å². The van der Waals surface area contributed by atoms with Crippen molar-refractivity contribution in [1.82, 2.24) is 9.55 Å². The summed E-state index contributed by atoms with van der Waals surface area (Å²) >= 11 is 5.81. The lowest BCUT2D eigenvalue weighted by Gasteiger charge is -2.14. The first-order valence-corrected chi connectivity index (χ1v) is 9.57. The second kappa shape index (κ2) is 6.69. The first-order valence-electron chi connectivity index (χ1n) is 9.20. The van der Waals surface area contributed by atoms with E-state index in [1.807, 2.05) is 7.05 Å². The lowest BCUT2D eigenvalue weighted by atomic mass is 9.95. The number of carbonyl (C=O) groups excluding carboxylic acids is 1. The Labute approximate surface area is 157 Å². The maximum absolute atomic E-state index is 13.3. The van der Waals surface area contributed by atoms with Crippen molar-refractivity contribution in [3.63, 3.8) is 0 Å². The van der Waals surface area contributed by atoms with E-state index < -0.39 is 5.82 Å². The molecular formula is C20H23ClFN3O. The van der Waals surface area contributed by atoms with Gasteiger partial charge in [-0.2, -0.15) is 0 Å². The van der Waals surface area contributed by atoms with Crippen LogP contribution in [0.5, 0.6) is 0 Å². The average molecular weight is 376 g/mol. The highest BCUT2D eigenvalue weighted by atomic mass is 35.5. The standard InChI is InChI=1S/C20H23ClFN3O/c1-11-5-12-7-14(8-13(12)6-11)18-19(25(2)10-23-18)20(26)24-15-3-4-17(22)16(21)9-15/h3-4,9-14H,5-8H2,1-2H3,(H,24,26). The molecule has 26 heavy (non-hydrogen) atoms. The first-order chi connectivity index (χ1) is 12.4. The van der Waals surface area contributed by atoms with E-state index in [-0.39, 0.29) is 10.9 Å². The van der Waals surface area contributed by atoms with Gasteiger partial charge in [0.15, 0.2) is 0 Å². The molecule has 1 heterocycles. The Kier molecular flexibility index (Phi) is 4.51. The molecule has 2 saturated carbocycles. The highest BCUT2D eigenvalue weighted by Gasteiger charge is 2.42. The average Bonchev–Trinajstić information content (AvgIpc) is 3.23. The smallest absolute Gasteiger partial charge is 0.274 e. The monoisotopic (exact) mass is 375 g/mol. The molecule has 0 saturated heterocycles. The van der Waals surface area contributed by atoms with Crippen LogP contribution in [0.3, 0.4) is 0 Å². The van der Waals surface area contributed by atoms with Crippen LogP contribution in [-0.2, 0) is 7.05 Å². The largest absolute Gasteiger partial charge is 0.329 e. The van der Waals surface area contributed by atoms with Gasteiger partial charge < -0.3 is 9.88 Å². The minimum atomic E-state index is -0.502. The Bertz CT molecular complexity index is 836. The van der Waals surface area contributed by atoms with Crippen molar-refractivity contribution in [1.29, 1.82) is 0 Å². The fraction of sp³-hybridized carbons (Fsp3) is 0.500. The highest BCUT2D eigenvalue weighted by molar-refractivity contribution is 6.31. The van der Waals surface area contributed by atoms with Crippen molar-refractivity contribution in [2.75, 3.05) is 5.32 Å². The molecule has 1 aromatic heterocycles. The molecule has 1 aromatic carbocycles. The van der Waals surface area contributed by atoms with Crippen molar-refractivity contribution in [3.8, 4) is 0 Å². The van der Waals surface area contributed by atoms with Crippen molar-refractivity contribution >= 4 is 23.2 Å². The third kappa shape index (κ3) is 3.13. The van der Waals surface area contributed by atoms with Crippen molar-refractivity contribution in [2.24, 2.45) is 24.8 Å². The van der Waals surface area contributed by atoms with Gasteiger partial charge in [0.25, 0.3) is 5.91 Å². The molecule has 0 radical (unpaired) electrons. The number of nitrogens with zero attached hydrogens (tertiary/aromatic N) is 2. The number of hydrogen-bond acceptors (Lipinski definition) is 2. The van der Waals surface area contributed by atoms with Gasteiger partial charge in [0.05, 0.1) is 17.0 Å². The second-order valence-corrected chi connectivity index (χ2v) is 8.34. The van der Waals surface area contributed by atoms with E-state index in [0.29, 0.717) is 17.3 Å². The van der Waals surface area contributed by atoms with Crippen LogP contribution in [-0.4, -0.2) is 15.5 Å². The number of anilines is 1. The lowest BCUT2D eigenvalue weighted by Crippen LogP contribution is -2.18. The van der Waals surface area contributed by atoms with Crippen LogP contribution in [0.1, 0.15) is 54.7 Å². The van der Waals surface area contributed by atoms with E-state index >= 15 is 0 Å². The van der Waals surface area contributed by atoms with Crippen LogP contribution in [0.2, 0.25) is 5.02 Å². The number of aromatic nitrogens is 2. The number of nitrogens with one attached hydrogen (secondary N) is 1. The van der Waals surface area contributed by atoms with Gasteiger partial charge in [-0.05, 0) is 61.6 Å². The summed E-state index contributed by atoms with van der Waals surface area (Å²) in [5.41, 5.74) is 1.95. The number of imidazole rings is 1. The molecule has 0 aliphatic heterocycles. The normalized spacial score (nSPS) is 27.5. The molecule has 1 amide bonds. The number of rotatable bonds is 3. The van der Waals surface area contributed by atoms with Gasteiger partial charge in [-0.3, -0.25) is 4.79 Å². The zero-order valence-electron chi connectivity index (χ0n) is 15.0. The van der Waals surface area contributed by atoms with Gasteiger partial charge in [-0.1, -0.05) is 18.5 Å². The summed E-state index contributed by atoms with van der Waals surface area (Å²) in [7, 11) is 1.83. The molecule has 2 unspecified atom stereocenters. The number of halogens is 2. The Morgan fingerprint density at radius 2 is 1.96 bits per heavy atom. The molecule has 2 aromatic rings. The van der Waals surface area contributed by atoms with Crippen LogP contribution in [0.15, 0.2) is 24.5 Å². The summed E-state index contributed by atoms with van der Waals surface area (Å²) in [5, 5.41) is 2.82. The van der Waals surface area contributed by atoms with E-state index in [0.717, 1.165) is 36.3 Å². The minimum Gasteiger partial charge on any atom is -0.329 e. The number of aryl methyl sites for hydroxylation is 1. The molecule has 2 atom stereocenters. The topological polar surface area (TPSA) is 46.9 Å². The summed E-state index contributed by atoms with van der Waals surface area (Å²) in [5.74, 6) is 1.97. The zero-order chi connectivity index (χ0) is 18.4. The maximum Gasteiger partial charge on any atom is 0.274 e. The summed E-state index contributed by atoms with van der Waals surface area (Å²) in [6.45, 7) is 2.33.